The Kier molecular flexibility index (Phi) is 3.22. The SMILES string of the molecule is O=S(=O)(c1ccc(F)cc1)N1CC[NH2+]CC1. The molecule has 16 heavy (non-hydrogen) atoms. The highest BCUT2D eigenvalue weighted by Crippen LogP contribution is 2.15. The van der Waals surface area contributed by atoms with Crippen LogP contribution in [0.5, 0.6) is 0 Å². The maximum atomic E-state index is 12.7. The van der Waals surface area contributed by atoms with Gasteiger partial charge in [-0.3, -0.25) is 0 Å². The molecule has 1 heterocycles. The normalized spacial score (nSPS) is 18.6. The van der Waals surface area contributed by atoms with Crippen molar-refractivity contribution in [1.82, 2.24) is 4.31 Å². The van der Waals surface area contributed by atoms with E-state index in [4.69, 9.17) is 0 Å². The number of nitrogens with two attached hydrogens (primary N) is 1. The Morgan fingerprint density at radius 3 is 2.25 bits per heavy atom. The zero-order valence-corrected chi connectivity index (χ0v) is 9.58. The molecule has 0 radical (unpaired) electrons. The van der Waals surface area contributed by atoms with Gasteiger partial charge in [0.1, 0.15) is 5.82 Å². The minimum Gasteiger partial charge on any atom is -0.344 e. The van der Waals surface area contributed by atoms with Crippen molar-refractivity contribution in [1.29, 1.82) is 0 Å². The summed E-state index contributed by atoms with van der Waals surface area (Å²) < 4.78 is 38.3. The molecule has 4 nitrogen and oxygen atoms in total. The van der Waals surface area contributed by atoms with Crippen LogP contribution in [0.25, 0.3) is 0 Å². The van der Waals surface area contributed by atoms with Crippen molar-refractivity contribution in [2.45, 2.75) is 4.90 Å². The van der Waals surface area contributed by atoms with Gasteiger partial charge in [-0.05, 0) is 24.3 Å². The molecule has 1 aliphatic rings. The number of quaternary nitrogens is 1. The van der Waals surface area contributed by atoms with E-state index >= 15 is 0 Å². The van der Waals surface area contributed by atoms with Gasteiger partial charge in [-0.25, -0.2) is 12.8 Å². The van der Waals surface area contributed by atoms with Gasteiger partial charge in [0, 0.05) is 0 Å². The fourth-order valence-electron chi connectivity index (χ4n) is 1.72. The molecule has 1 saturated heterocycles. The van der Waals surface area contributed by atoms with Gasteiger partial charge in [-0.1, -0.05) is 0 Å². The van der Waals surface area contributed by atoms with Gasteiger partial charge in [-0.2, -0.15) is 4.31 Å². The van der Waals surface area contributed by atoms with Crippen LogP contribution in [0.15, 0.2) is 29.2 Å². The molecule has 0 atom stereocenters. The molecule has 88 valence electrons. The first-order valence-electron chi connectivity index (χ1n) is 5.18. The van der Waals surface area contributed by atoms with Crippen molar-refractivity contribution in [2.75, 3.05) is 26.2 Å². The average molecular weight is 245 g/mol. The summed E-state index contributed by atoms with van der Waals surface area (Å²) in [4.78, 5) is 0.163. The molecule has 0 amide bonds. The Morgan fingerprint density at radius 2 is 1.69 bits per heavy atom. The van der Waals surface area contributed by atoms with Crippen LogP contribution in [0.3, 0.4) is 0 Å². The van der Waals surface area contributed by atoms with Crippen LogP contribution in [-0.2, 0) is 10.0 Å². The lowest BCUT2D eigenvalue weighted by molar-refractivity contribution is -0.661. The summed E-state index contributed by atoms with van der Waals surface area (Å²) in [5.74, 6) is -0.425. The van der Waals surface area contributed by atoms with Gasteiger partial charge in [0.05, 0.1) is 31.1 Å². The summed E-state index contributed by atoms with van der Waals surface area (Å²) in [5.41, 5.74) is 0. The van der Waals surface area contributed by atoms with E-state index in [9.17, 15) is 12.8 Å². The fraction of sp³-hybridized carbons (Fsp3) is 0.400. The van der Waals surface area contributed by atoms with Gasteiger partial charge in [0.2, 0.25) is 10.0 Å². The number of benzene rings is 1. The summed E-state index contributed by atoms with van der Waals surface area (Å²) in [7, 11) is -3.43. The maximum Gasteiger partial charge on any atom is 0.243 e. The highest BCUT2D eigenvalue weighted by molar-refractivity contribution is 7.89. The number of hydrogen-bond donors (Lipinski definition) is 1. The van der Waals surface area contributed by atoms with Crippen molar-refractivity contribution in [3.8, 4) is 0 Å². The molecular formula is C10H14FN2O2S+. The zero-order valence-electron chi connectivity index (χ0n) is 8.77. The van der Waals surface area contributed by atoms with E-state index in [1.165, 1.54) is 28.6 Å². The number of halogens is 1. The van der Waals surface area contributed by atoms with Crippen molar-refractivity contribution >= 4 is 10.0 Å². The molecule has 2 rings (SSSR count). The van der Waals surface area contributed by atoms with Crippen molar-refractivity contribution < 1.29 is 18.1 Å². The standard InChI is InChI=1S/C10H13FN2O2S/c11-9-1-3-10(4-2-9)16(14,15)13-7-5-12-6-8-13/h1-4,12H,5-8H2/p+1. The van der Waals surface area contributed by atoms with Crippen molar-refractivity contribution in [3.63, 3.8) is 0 Å². The number of nitrogens with zero attached hydrogens (tertiary/aromatic N) is 1. The predicted octanol–water partition coefficient (Wildman–Crippen LogP) is -0.607. The molecule has 6 heteroatoms. The van der Waals surface area contributed by atoms with E-state index in [-0.39, 0.29) is 4.90 Å². The highest BCUT2D eigenvalue weighted by Gasteiger charge is 2.26. The summed E-state index contributed by atoms with van der Waals surface area (Å²) in [6.45, 7) is 2.58. The molecule has 0 aliphatic carbocycles. The molecule has 0 unspecified atom stereocenters. The van der Waals surface area contributed by atoms with Crippen LogP contribution in [0.2, 0.25) is 0 Å². The van der Waals surface area contributed by atoms with Crippen LogP contribution in [0.4, 0.5) is 4.39 Å². The average Bonchev–Trinajstić information content (AvgIpc) is 2.31. The molecule has 1 aliphatic heterocycles. The van der Waals surface area contributed by atoms with E-state index in [2.05, 4.69) is 5.32 Å². The Hall–Kier alpha value is -0.980. The third kappa shape index (κ3) is 2.23. The molecule has 1 aromatic carbocycles. The first-order valence-corrected chi connectivity index (χ1v) is 6.62. The van der Waals surface area contributed by atoms with E-state index in [0.29, 0.717) is 13.1 Å². The quantitative estimate of drug-likeness (QED) is 0.756. The number of rotatable bonds is 2. The van der Waals surface area contributed by atoms with Crippen LogP contribution in [-0.4, -0.2) is 38.9 Å². The number of sulfonamides is 1. The molecule has 1 aromatic rings. The van der Waals surface area contributed by atoms with Crippen molar-refractivity contribution in [2.24, 2.45) is 0 Å². The monoisotopic (exact) mass is 245 g/mol. The lowest BCUT2D eigenvalue weighted by atomic mass is 10.4. The van der Waals surface area contributed by atoms with Crippen LogP contribution >= 0.6 is 0 Å². The Bertz CT molecular complexity index is 452. The lowest BCUT2D eigenvalue weighted by Gasteiger charge is -2.24. The lowest BCUT2D eigenvalue weighted by Crippen LogP contribution is -2.89. The Balaban J connectivity index is 2.27. The van der Waals surface area contributed by atoms with Crippen LogP contribution in [0.1, 0.15) is 0 Å². The molecule has 0 saturated carbocycles. The molecular weight excluding hydrogens is 231 g/mol. The smallest absolute Gasteiger partial charge is 0.243 e. The first-order chi connectivity index (χ1) is 7.60. The third-order valence-corrected chi connectivity index (χ3v) is 4.53. The number of hydrogen-bond acceptors (Lipinski definition) is 2. The van der Waals surface area contributed by atoms with Gasteiger partial charge in [0.15, 0.2) is 0 Å². The van der Waals surface area contributed by atoms with E-state index in [1.54, 1.807) is 0 Å². The Labute approximate surface area is 94.1 Å². The third-order valence-electron chi connectivity index (χ3n) is 2.62. The summed E-state index contributed by atoms with van der Waals surface area (Å²) >= 11 is 0. The maximum absolute atomic E-state index is 12.7. The van der Waals surface area contributed by atoms with E-state index in [1.807, 2.05) is 0 Å². The van der Waals surface area contributed by atoms with Crippen LogP contribution < -0.4 is 5.32 Å². The highest BCUT2D eigenvalue weighted by atomic mass is 32.2. The van der Waals surface area contributed by atoms with Gasteiger partial charge < -0.3 is 5.32 Å². The summed E-state index contributed by atoms with van der Waals surface area (Å²) in [6.07, 6.45) is 0. The molecule has 0 aromatic heterocycles. The molecule has 1 fully saturated rings. The summed E-state index contributed by atoms with van der Waals surface area (Å²) in [6, 6.07) is 4.96. The zero-order chi connectivity index (χ0) is 11.6. The van der Waals surface area contributed by atoms with Gasteiger partial charge in [-0.15, -0.1) is 0 Å². The van der Waals surface area contributed by atoms with Crippen LogP contribution in [0, 0.1) is 5.82 Å². The second kappa shape index (κ2) is 4.48. The topological polar surface area (TPSA) is 54.0 Å². The predicted molar refractivity (Wildman–Crippen MR) is 56.8 cm³/mol. The first kappa shape index (κ1) is 11.5. The summed E-state index contributed by atoms with van der Waals surface area (Å²) in [5, 5.41) is 2.08. The number of piperazine rings is 1. The molecule has 0 spiro atoms. The minimum absolute atomic E-state index is 0.163. The fourth-order valence-corrected chi connectivity index (χ4v) is 3.19. The second-order valence-electron chi connectivity index (χ2n) is 3.72. The van der Waals surface area contributed by atoms with E-state index < -0.39 is 15.8 Å². The van der Waals surface area contributed by atoms with E-state index in [0.717, 1.165) is 13.1 Å². The molecule has 2 N–H and O–H groups in total. The molecule has 0 bridgehead atoms. The largest absolute Gasteiger partial charge is 0.344 e. The Morgan fingerprint density at radius 1 is 1.12 bits per heavy atom. The van der Waals surface area contributed by atoms with Gasteiger partial charge >= 0.3 is 0 Å². The second-order valence-corrected chi connectivity index (χ2v) is 5.66. The van der Waals surface area contributed by atoms with Crippen molar-refractivity contribution in [3.05, 3.63) is 30.1 Å². The van der Waals surface area contributed by atoms with Gasteiger partial charge in [0.25, 0.3) is 0 Å². The minimum atomic E-state index is -3.43.